The first kappa shape index (κ1) is 16.2. The Labute approximate surface area is 130 Å². The molecule has 0 saturated heterocycles. The fourth-order valence-corrected chi connectivity index (χ4v) is 3.20. The minimum atomic E-state index is -3.64. The highest BCUT2D eigenvalue weighted by atomic mass is 32.2. The molecule has 0 aliphatic carbocycles. The van der Waals surface area contributed by atoms with E-state index in [1.54, 1.807) is 31.4 Å². The lowest BCUT2D eigenvalue weighted by Crippen LogP contribution is -2.14. The average Bonchev–Trinajstić information content (AvgIpc) is 2.50. The number of nitrogens with one attached hydrogen (secondary N) is 1. The molecule has 2 aromatic rings. The van der Waals surface area contributed by atoms with Crippen molar-refractivity contribution in [3.8, 4) is 11.5 Å². The maximum Gasteiger partial charge on any atom is 0.261 e. The van der Waals surface area contributed by atoms with Gasteiger partial charge in [0.15, 0.2) is 0 Å². The van der Waals surface area contributed by atoms with E-state index in [1.165, 1.54) is 19.2 Å². The van der Waals surface area contributed by atoms with Gasteiger partial charge in [-0.05, 0) is 61.4 Å². The fraction of sp³-hybridized carbons (Fsp3) is 0.250. The molecule has 2 rings (SSSR count). The van der Waals surface area contributed by atoms with Crippen molar-refractivity contribution in [1.82, 2.24) is 0 Å². The van der Waals surface area contributed by atoms with Gasteiger partial charge in [-0.15, -0.1) is 0 Å². The number of aryl methyl sites for hydroxylation is 2. The summed E-state index contributed by atoms with van der Waals surface area (Å²) in [5, 5.41) is 0. The van der Waals surface area contributed by atoms with Gasteiger partial charge in [-0.3, -0.25) is 4.72 Å². The first-order valence-corrected chi connectivity index (χ1v) is 8.18. The molecule has 1 N–H and O–H groups in total. The molecule has 118 valence electrons. The van der Waals surface area contributed by atoms with Crippen LogP contribution in [0, 0.1) is 13.8 Å². The van der Waals surface area contributed by atoms with Crippen LogP contribution in [0.1, 0.15) is 11.1 Å². The van der Waals surface area contributed by atoms with E-state index in [-0.39, 0.29) is 4.90 Å². The summed E-state index contributed by atoms with van der Waals surface area (Å²) in [4.78, 5) is 0.182. The highest BCUT2D eigenvalue weighted by molar-refractivity contribution is 7.92. The lowest BCUT2D eigenvalue weighted by atomic mass is 10.1. The molecule has 22 heavy (non-hydrogen) atoms. The van der Waals surface area contributed by atoms with Gasteiger partial charge in [0, 0.05) is 0 Å². The normalized spacial score (nSPS) is 11.1. The summed E-state index contributed by atoms with van der Waals surface area (Å²) in [5.74, 6) is 1.33. The summed E-state index contributed by atoms with van der Waals surface area (Å²) in [6, 6.07) is 9.80. The number of rotatable bonds is 5. The second kappa shape index (κ2) is 6.27. The Morgan fingerprint density at radius 1 is 0.909 bits per heavy atom. The minimum absolute atomic E-state index is 0.182. The molecule has 6 heteroatoms. The van der Waals surface area contributed by atoms with Crippen molar-refractivity contribution in [2.45, 2.75) is 18.7 Å². The van der Waals surface area contributed by atoms with Gasteiger partial charge >= 0.3 is 0 Å². The van der Waals surface area contributed by atoms with E-state index in [1.807, 2.05) is 13.8 Å². The molecule has 0 atom stereocenters. The molecule has 0 spiro atoms. The predicted octanol–water partition coefficient (Wildman–Crippen LogP) is 3.12. The smallest absolute Gasteiger partial charge is 0.261 e. The summed E-state index contributed by atoms with van der Waals surface area (Å²) in [5.41, 5.74) is 2.19. The van der Waals surface area contributed by atoms with E-state index in [0.29, 0.717) is 11.4 Å². The van der Waals surface area contributed by atoms with Crippen LogP contribution in [0.3, 0.4) is 0 Å². The summed E-state index contributed by atoms with van der Waals surface area (Å²) < 4.78 is 37.7. The van der Waals surface area contributed by atoms with E-state index < -0.39 is 10.0 Å². The monoisotopic (exact) mass is 321 g/mol. The molecule has 0 saturated carbocycles. The van der Waals surface area contributed by atoms with Gasteiger partial charge in [0.1, 0.15) is 11.5 Å². The summed E-state index contributed by atoms with van der Waals surface area (Å²) in [6.45, 7) is 3.69. The number of hydrogen-bond donors (Lipinski definition) is 1. The van der Waals surface area contributed by atoms with Crippen molar-refractivity contribution >= 4 is 15.7 Å². The average molecular weight is 321 g/mol. The molecule has 0 aliphatic heterocycles. The second-order valence-corrected chi connectivity index (χ2v) is 6.60. The Hall–Kier alpha value is -2.21. The topological polar surface area (TPSA) is 64.6 Å². The maximum absolute atomic E-state index is 12.4. The second-order valence-electron chi connectivity index (χ2n) is 4.92. The third-order valence-corrected chi connectivity index (χ3v) is 4.74. The fourth-order valence-electron chi connectivity index (χ4n) is 2.08. The third-order valence-electron chi connectivity index (χ3n) is 3.36. The minimum Gasteiger partial charge on any atom is -0.497 e. The van der Waals surface area contributed by atoms with Gasteiger partial charge in [0.25, 0.3) is 10.0 Å². The van der Waals surface area contributed by atoms with Crippen LogP contribution in [0.4, 0.5) is 5.69 Å². The van der Waals surface area contributed by atoms with E-state index in [4.69, 9.17) is 9.47 Å². The molecule has 0 bridgehead atoms. The quantitative estimate of drug-likeness (QED) is 0.919. The molecule has 0 fully saturated rings. The Morgan fingerprint density at radius 3 is 2.09 bits per heavy atom. The predicted molar refractivity (Wildman–Crippen MR) is 86.3 cm³/mol. The first-order valence-electron chi connectivity index (χ1n) is 6.69. The Kier molecular flexibility index (Phi) is 4.61. The summed E-state index contributed by atoms with van der Waals surface area (Å²) in [6.07, 6.45) is 0. The van der Waals surface area contributed by atoms with E-state index >= 15 is 0 Å². The number of methoxy groups -OCH3 is 2. The van der Waals surface area contributed by atoms with Gasteiger partial charge < -0.3 is 9.47 Å². The lowest BCUT2D eigenvalue weighted by molar-refractivity contribution is 0.411. The van der Waals surface area contributed by atoms with Gasteiger partial charge in [-0.1, -0.05) is 0 Å². The van der Waals surface area contributed by atoms with Crippen molar-refractivity contribution in [3.05, 3.63) is 47.5 Å². The van der Waals surface area contributed by atoms with Crippen molar-refractivity contribution in [2.24, 2.45) is 0 Å². The number of sulfonamides is 1. The highest BCUT2D eigenvalue weighted by Crippen LogP contribution is 2.28. The highest BCUT2D eigenvalue weighted by Gasteiger charge is 2.16. The van der Waals surface area contributed by atoms with Crippen LogP contribution in [0.15, 0.2) is 41.3 Å². The summed E-state index contributed by atoms with van der Waals surface area (Å²) in [7, 11) is -0.524. The van der Waals surface area contributed by atoms with Crippen LogP contribution in [-0.2, 0) is 10.0 Å². The van der Waals surface area contributed by atoms with Crippen molar-refractivity contribution in [2.75, 3.05) is 18.9 Å². The molecule has 0 amide bonds. The maximum atomic E-state index is 12.4. The van der Waals surface area contributed by atoms with Crippen molar-refractivity contribution in [1.29, 1.82) is 0 Å². The molecular weight excluding hydrogens is 302 g/mol. The molecular formula is C16H19NO4S. The zero-order chi connectivity index (χ0) is 16.3. The number of benzene rings is 2. The van der Waals surface area contributed by atoms with E-state index in [0.717, 1.165) is 16.9 Å². The Morgan fingerprint density at radius 2 is 1.55 bits per heavy atom. The molecule has 0 radical (unpaired) electrons. The van der Waals surface area contributed by atoms with E-state index in [9.17, 15) is 8.42 Å². The van der Waals surface area contributed by atoms with Gasteiger partial charge in [0.2, 0.25) is 0 Å². The van der Waals surface area contributed by atoms with E-state index in [2.05, 4.69) is 4.72 Å². The van der Waals surface area contributed by atoms with Crippen LogP contribution in [0.25, 0.3) is 0 Å². The summed E-state index contributed by atoms with van der Waals surface area (Å²) >= 11 is 0. The van der Waals surface area contributed by atoms with Gasteiger partial charge in [0.05, 0.1) is 24.8 Å². The SMILES string of the molecule is COc1ccc(S(=O)(=O)Nc2cc(C)c(OC)cc2C)cc1. The van der Waals surface area contributed by atoms with Crippen LogP contribution in [0.5, 0.6) is 11.5 Å². The van der Waals surface area contributed by atoms with Crippen LogP contribution in [0.2, 0.25) is 0 Å². The standard InChI is InChI=1S/C16H19NO4S/c1-11-10-16(21-4)12(2)9-15(11)17-22(18,19)14-7-5-13(20-3)6-8-14/h5-10,17H,1-4H3. The Balaban J connectivity index is 2.34. The number of ether oxygens (including phenoxy) is 2. The van der Waals surface area contributed by atoms with Crippen molar-refractivity contribution in [3.63, 3.8) is 0 Å². The van der Waals surface area contributed by atoms with Gasteiger partial charge in [-0.25, -0.2) is 8.42 Å². The molecule has 5 nitrogen and oxygen atoms in total. The van der Waals surface area contributed by atoms with Crippen molar-refractivity contribution < 1.29 is 17.9 Å². The van der Waals surface area contributed by atoms with Crippen LogP contribution < -0.4 is 14.2 Å². The number of anilines is 1. The molecule has 0 aromatic heterocycles. The zero-order valence-corrected chi connectivity index (χ0v) is 13.8. The zero-order valence-electron chi connectivity index (χ0n) is 13.0. The van der Waals surface area contributed by atoms with Gasteiger partial charge in [-0.2, -0.15) is 0 Å². The molecule has 0 aliphatic rings. The number of hydrogen-bond acceptors (Lipinski definition) is 4. The largest absolute Gasteiger partial charge is 0.497 e. The van der Waals surface area contributed by atoms with Crippen LogP contribution >= 0.6 is 0 Å². The first-order chi connectivity index (χ1) is 10.4. The molecule has 0 heterocycles. The molecule has 0 unspecified atom stereocenters. The molecule has 2 aromatic carbocycles. The lowest BCUT2D eigenvalue weighted by Gasteiger charge is -2.14. The van der Waals surface area contributed by atoms with Crippen LogP contribution in [-0.4, -0.2) is 22.6 Å². The third kappa shape index (κ3) is 3.33. The Bertz CT molecular complexity index is 767.